The van der Waals surface area contributed by atoms with Gasteiger partial charge in [0, 0.05) is 35.1 Å². The van der Waals surface area contributed by atoms with Gasteiger partial charge in [0.1, 0.15) is 6.29 Å². The van der Waals surface area contributed by atoms with Crippen LogP contribution in [0.2, 0.25) is 0 Å². The largest absolute Gasteiger partial charge is 0.361 e. The van der Waals surface area contributed by atoms with E-state index in [0.29, 0.717) is 24.8 Å². The van der Waals surface area contributed by atoms with E-state index < -0.39 is 11.9 Å². The minimum absolute atomic E-state index is 0.0976. The van der Waals surface area contributed by atoms with Gasteiger partial charge in [0.25, 0.3) is 5.91 Å². The number of aromatic amines is 1. The van der Waals surface area contributed by atoms with Crippen molar-refractivity contribution in [2.75, 3.05) is 13.1 Å². The lowest BCUT2D eigenvalue weighted by atomic mass is 9.99. The highest BCUT2D eigenvalue weighted by Gasteiger charge is 2.27. The standard InChI is InChI=1S/C18H20N4O4/c23-10-14(8-13-4-6-20-17(13)25)22-16(24)9-21-18(26)12-1-2-15-11(7-12)3-5-19-15/h1-3,5,7,10,13-14,19H,4,6,8-9H2,(H,20,25)(H,21,26)(H,22,24). The quantitative estimate of drug-likeness (QED) is 0.526. The average molecular weight is 356 g/mol. The van der Waals surface area contributed by atoms with Crippen molar-refractivity contribution in [3.63, 3.8) is 0 Å². The van der Waals surface area contributed by atoms with Crippen molar-refractivity contribution in [3.8, 4) is 0 Å². The van der Waals surface area contributed by atoms with E-state index in [0.717, 1.165) is 10.9 Å². The number of carbonyl (C=O) groups excluding carboxylic acids is 4. The molecule has 1 aromatic carbocycles. The second-order valence-corrected chi connectivity index (χ2v) is 6.28. The smallest absolute Gasteiger partial charge is 0.251 e. The monoisotopic (exact) mass is 356 g/mol. The Balaban J connectivity index is 1.49. The summed E-state index contributed by atoms with van der Waals surface area (Å²) in [6.45, 7) is 0.343. The highest BCUT2D eigenvalue weighted by atomic mass is 16.2. The van der Waals surface area contributed by atoms with Crippen LogP contribution >= 0.6 is 0 Å². The van der Waals surface area contributed by atoms with Crippen molar-refractivity contribution in [1.29, 1.82) is 0 Å². The molecular formula is C18H20N4O4. The molecule has 8 nitrogen and oxygen atoms in total. The number of nitrogens with one attached hydrogen (secondary N) is 4. The molecule has 2 atom stereocenters. The number of aldehydes is 1. The van der Waals surface area contributed by atoms with Crippen molar-refractivity contribution >= 4 is 34.9 Å². The summed E-state index contributed by atoms with van der Waals surface area (Å²) >= 11 is 0. The van der Waals surface area contributed by atoms with Gasteiger partial charge in [-0.25, -0.2) is 0 Å². The van der Waals surface area contributed by atoms with Gasteiger partial charge in [0.05, 0.1) is 12.6 Å². The van der Waals surface area contributed by atoms with E-state index >= 15 is 0 Å². The number of hydrogen-bond donors (Lipinski definition) is 4. The number of amides is 3. The number of H-pyrrole nitrogens is 1. The Labute approximate surface area is 149 Å². The normalized spacial score (nSPS) is 17.5. The van der Waals surface area contributed by atoms with Gasteiger partial charge < -0.3 is 25.7 Å². The van der Waals surface area contributed by atoms with E-state index in [1.807, 2.05) is 6.07 Å². The van der Waals surface area contributed by atoms with Crippen molar-refractivity contribution in [3.05, 3.63) is 36.0 Å². The molecule has 8 heteroatoms. The topological polar surface area (TPSA) is 120 Å². The van der Waals surface area contributed by atoms with Crippen molar-refractivity contribution in [2.24, 2.45) is 5.92 Å². The first-order valence-corrected chi connectivity index (χ1v) is 8.44. The summed E-state index contributed by atoms with van der Waals surface area (Å²) in [7, 11) is 0. The lowest BCUT2D eigenvalue weighted by Gasteiger charge is -2.15. The fourth-order valence-electron chi connectivity index (χ4n) is 3.04. The van der Waals surface area contributed by atoms with E-state index in [2.05, 4.69) is 20.9 Å². The number of aromatic nitrogens is 1. The lowest BCUT2D eigenvalue weighted by Crippen LogP contribution is -2.43. The Hall–Kier alpha value is -3.16. The van der Waals surface area contributed by atoms with Crippen molar-refractivity contribution in [1.82, 2.24) is 20.9 Å². The minimum Gasteiger partial charge on any atom is -0.361 e. The maximum absolute atomic E-state index is 12.2. The summed E-state index contributed by atoms with van der Waals surface area (Å²) in [5.41, 5.74) is 1.36. The van der Waals surface area contributed by atoms with Gasteiger partial charge in [-0.3, -0.25) is 14.4 Å². The number of hydrogen-bond acceptors (Lipinski definition) is 4. The molecule has 1 saturated heterocycles. The van der Waals surface area contributed by atoms with Gasteiger partial charge in [0.15, 0.2) is 0 Å². The zero-order chi connectivity index (χ0) is 18.5. The van der Waals surface area contributed by atoms with E-state index in [1.165, 1.54) is 0 Å². The molecule has 1 aliphatic rings. The SMILES string of the molecule is O=CC(CC1CCNC1=O)NC(=O)CNC(=O)c1ccc2[nH]ccc2c1. The Morgan fingerprint density at radius 3 is 2.88 bits per heavy atom. The highest BCUT2D eigenvalue weighted by molar-refractivity contribution is 5.99. The summed E-state index contributed by atoms with van der Waals surface area (Å²) < 4.78 is 0. The third kappa shape index (κ3) is 4.08. The summed E-state index contributed by atoms with van der Waals surface area (Å²) in [5, 5.41) is 8.67. The molecule has 4 N–H and O–H groups in total. The number of carbonyl (C=O) groups is 4. The molecule has 1 aliphatic heterocycles. The first kappa shape index (κ1) is 17.7. The van der Waals surface area contributed by atoms with Crippen LogP contribution in [-0.2, 0) is 14.4 Å². The number of benzene rings is 1. The molecule has 0 spiro atoms. The van der Waals surface area contributed by atoms with Crippen LogP contribution in [0.3, 0.4) is 0 Å². The summed E-state index contributed by atoms with van der Waals surface area (Å²) in [6.07, 6.45) is 3.31. The molecule has 2 aromatic rings. The Kier molecular flexibility index (Phi) is 5.31. The molecule has 3 amide bonds. The molecule has 0 aliphatic carbocycles. The summed E-state index contributed by atoms with van der Waals surface area (Å²) in [5.74, 6) is -1.22. The molecule has 26 heavy (non-hydrogen) atoms. The van der Waals surface area contributed by atoms with Gasteiger partial charge in [0.2, 0.25) is 11.8 Å². The molecular weight excluding hydrogens is 336 g/mol. The lowest BCUT2D eigenvalue weighted by molar-refractivity contribution is -0.125. The molecule has 0 radical (unpaired) electrons. The van der Waals surface area contributed by atoms with Crippen LogP contribution in [0.5, 0.6) is 0 Å². The third-order valence-corrected chi connectivity index (χ3v) is 4.44. The minimum atomic E-state index is -0.746. The second kappa shape index (κ2) is 7.81. The van der Waals surface area contributed by atoms with Crippen molar-refractivity contribution in [2.45, 2.75) is 18.9 Å². The fourth-order valence-corrected chi connectivity index (χ4v) is 3.04. The molecule has 1 fully saturated rings. The Morgan fingerprint density at radius 2 is 2.15 bits per heavy atom. The fraction of sp³-hybridized carbons (Fsp3) is 0.333. The van der Waals surface area contributed by atoms with E-state index in [1.54, 1.807) is 24.4 Å². The second-order valence-electron chi connectivity index (χ2n) is 6.28. The molecule has 3 rings (SSSR count). The zero-order valence-electron chi connectivity index (χ0n) is 14.1. The molecule has 0 bridgehead atoms. The predicted molar refractivity (Wildman–Crippen MR) is 94.4 cm³/mol. The van der Waals surface area contributed by atoms with Gasteiger partial charge in [-0.05, 0) is 37.1 Å². The molecule has 2 unspecified atom stereocenters. The maximum atomic E-state index is 12.2. The van der Waals surface area contributed by atoms with Crippen LogP contribution in [0.25, 0.3) is 10.9 Å². The van der Waals surface area contributed by atoms with Gasteiger partial charge >= 0.3 is 0 Å². The predicted octanol–water partition coefficient (Wildman–Crippen LogP) is 0.108. The Morgan fingerprint density at radius 1 is 1.31 bits per heavy atom. The molecule has 0 saturated carbocycles. The summed E-state index contributed by atoms with van der Waals surface area (Å²) in [4.78, 5) is 49.9. The average Bonchev–Trinajstić information content (AvgIpc) is 3.27. The molecule has 136 valence electrons. The third-order valence-electron chi connectivity index (χ3n) is 4.44. The van der Waals surface area contributed by atoms with Gasteiger partial charge in [-0.2, -0.15) is 0 Å². The van der Waals surface area contributed by atoms with E-state index in [-0.39, 0.29) is 30.7 Å². The van der Waals surface area contributed by atoms with Crippen molar-refractivity contribution < 1.29 is 19.2 Å². The number of fused-ring (bicyclic) bond motifs is 1. The van der Waals surface area contributed by atoms with E-state index in [4.69, 9.17) is 0 Å². The molecule has 2 heterocycles. The maximum Gasteiger partial charge on any atom is 0.251 e. The van der Waals surface area contributed by atoms with Gasteiger partial charge in [-0.15, -0.1) is 0 Å². The first-order valence-electron chi connectivity index (χ1n) is 8.44. The first-order chi connectivity index (χ1) is 12.6. The van der Waals surface area contributed by atoms with Crippen LogP contribution in [0, 0.1) is 5.92 Å². The molecule has 1 aromatic heterocycles. The zero-order valence-corrected chi connectivity index (χ0v) is 14.1. The van der Waals surface area contributed by atoms with Gasteiger partial charge in [-0.1, -0.05) is 0 Å². The summed E-state index contributed by atoms with van der Waals surface area (Å²) in [6, 6.07) is 6.29. The van der Waals surface area contributed by atoms with Crippen LogP contribution in [-0.4, -0.2) is 48.1 Å². The van der Waals surface area contributed by atoms with Crippen LogP contribution in [0.1, 0.15) is 23.2 Å². The van der Waals surface area contributed by atoms with Crippen LogP contribution in [0.4, 0.5) is 0 Å². The van der Waals surface area contributed by atoms with Crippen LogP contribution in [0.15, 0.2) is 30.5 Å². The van der Waals surface area contributed by atoms with E-state index in [9.17, 15) is 19.2 Å². The van der Waals surface area contributed by atoms with Crippen LogP contribution < -0.4 is 16.0 Å². The highest BCUT2D eigenvalue weighted by Crippen LogP contribution is 2.15. The Bertz CT molecular complexity index is 845. The number of rotatable bonds is 7.